The zero-order valence-electron chi connectivity index (χ0n) is 13.7. The predicted molar refractivity (Wildman–Crippen MR) is 93.6 cm³/mol. The van der Waals surface area contributed by atoms with E-state index < -0.39 is 29.9 Å². The third-order valence-corrected chi connectivity index (χ3v) is 3.54. The first-order chi connectivity index (χ1) is 13.0. The molecule has 10 nitrogen and oxygen atoms in total. The number of aliphatic carboxylic acids is 1. The Morgan fingerprint density at radius 3 is 2.59 bits per heavy atom. The van der Waals surface area contributed by atoms with Gasteiger partial charge in [0.25, 0.3) is 17.4 Å². The number of amides is 2. The Bertz CT molecular complexity index is 1090. The number of carboxylic acid groups (broad SMARTS) is 1. The smallest absolute Gasteiger partial charge is 0.322 e. The number of hydrogen-bond acceptors (Lipinski definition) is 6. The fraction of sp³-hybridized carbons (Fsp3) is 0.0588. The van der Waals surface area contributed by atoms with Crippen LogP contribution in [0.1, 0.15) is 20.7 Å². The fourth-order valence-corrected chi connectivity index (χ4v) is 2.25. The molecular formula is C17H13N5O5. The normalized spacial score (nSPS) is 10.4. The first-order valence-corrected chi connectivity index (χ1v) is 7.68. The van der Waals surface area contributed by atoms with Crippen LogP contribution in [0, 0.1) is 0 Å². The molecule has 0 saturated carbocycles. The second-order valence-corrected chi connectivity index (χ2v) is 5.40. The van der Waals surface area contributed by atoms with E-state index in [1.807, 2.05) is 0 Å². The van der Waals surface area contributed by atoms with E-state index in [0.29, 0.717) is 0 Å². The molecule has 3 heterocycles. The number of carboxylic acids is 1. The maximum atomic E-state index is 12.6. The van der Waals surface area contributed by atoms with Crippen molar-refractivity contribution in [1.82, 2.24) is 19.7 Å². The highest BCUT2D eigenvalue weighted by Crippen LogP contribution is 2.07. The van der Waals surface area contributed by atoms with Crippen molar-refractivity contribution in [3.05, 3.63) is 70.5 Å². The van der Waals surface area contributed by atoms with E-state index in [1.54, 1.807) is 12.1 Å². The highest BCUT2D eigenvalue weighted by atomic mass is 16.4. The van der Waals surface area contributed by atoms with Gasteiger partial charge in [0.1, 0.15) is 17.9 Å². The molecule has 3 aromatic heterocycles. The van der Waals surface area contributed by atoms with Crippen LogP contribution >= 0.6 is 0 Å². The molecule has 0 aromatic carbocycles. The first kappa shape index (κ1) is 17.7. The number of carbonyl (C=O) groups excluding carboxylic acids is 2. The van der Waals surface area contributed by atoms with Gasteiger partial charge in [-0.1, -0.05) is 0 Å². The second-order valence-electron chi connectivity index (χ2n) is 5.40. The molecule has 0 fully saturated rings. The minimum absolute atomic E-state index is 0.0726. The van der Waals surface area contributed by atoms with Crippen LogP contribution in [0.3, 0.4) is 0 Å². The fourth-order valence-electron chi connectivity index (χ4n) is 2.25. The Balaban J connectivity index is 1.91. The number of carbonyl (C=O) groups is 3. The summed E-state index contributed by atoms with van der Waals surface area (Å²) in [7, 11) is 0. The van der Waals surface area contributed by atoms with Crippen molar-refractivity contribution in [1.29, 1.82) is 0 Å². The van der Waals surface area contributed by atoms with Crippen molar-refractivity contribution < 1.29 is 19.5 Å². The second kappa shape index (κ2) is 7.44. The number of pyridine rings is 2. The van der Waals surface area contributed by atoms with E-state index >= 15 is 0 Å². The van der Waals surface area contributed by atoms with Crippen LogP contribution < -0.4 is 16.2 Å². The predicted octanol–water partition coefficient (Wildman–Crippen LogP) is 0.156. The van der Waals surface area contributed by atoms with Gasteiger partial charge in [-0.05, 0) is 24.3 Å². The molecule has 3 rings (SSSR count). The van der Waals surface area contributed by atoms with Crippen LogP contribution in [-0.2, 0) is 4.79 Å². The molecule has 27 heavy (non-hydrogen) atoms. The van der Waals surface area contributed by atoms with Crippen molar-refractivity contribution in [2.75, 3.05) is 11.9 Å². The molecule has 3 aromatic rings. The number of fused-ring (bicyclic) bond motifs is 1. The summed E-state index contributed by atoms with van der Waals surface area (Å²) >= 11 is 0. The molecule has 2 amide bonds. The Hall–Kier alpha value is -4.08. The molecule has 0 aliphatic carbocycles. The van der Waals surface area contributed by atoms with Gasteiger partial charge in [-0.3, -0.25) is 28.6 Å². The van der Waals surface area contributed by atoms with E-state index in [-0.39, 0.29) is 22.5 Å². The monoisotopic (exact) mass is 367 g/mol. The van der Waals surface area contributed by atoms with E-state index in [4.69, 9.17) is 5.11 Å². The zero-order valence-corrected chi connectivity index (χ0v) is 13.7. The SMILES string of the molecule is O=C(O)CNC(=O)c1ccc2ncc(NC(=O)c3cccnc3)c(=O)n2c1. The minimum atomic E-state index is -1.19. The van der Waals surface area contributed by atoms with Crippen molar-refractivity contribution in [3.63, 3.8) is 0 Å². The average molecular weight is 367 g/mol. The van der Waals surface area contributed by atoms with E-state index in [9.17, 15) is 19.2 Å². The number of nitrogens with one attached hydrogen (secondary N) is 2. The van der Waals surface area contributed by atoms with Gasteiger partial charge in [0.15, 0.2) is 0 Å². The Labute approximate surface area is 151 Å². The van der Waals surface area contributed by atoms with Gasteiger partial charge in [0.2, 0.25) is 0 Å². The number of aromatic nitrogens is 3. The summed E-state index contributed by atoms with van der Waals surface area (Å²) in [4.78, 5) is 55.2. The molecule has 136 valence electrons. The zero-order chi connectivity index (χ0) is 19.4. The van der Waals surface area contributed by atoms with Gasteiger partial charge in [-0.15, -0.1) is 0 Å². The van der Waals surface area contributed by atoms with Gasteiger partial charge in [0.05, 0.1) is 17.3 Å². The molecule has 10 heteroatoms. The van der Waals surface area contributed by atoms with Crippen molar-refractivity contribution >= 4 is 29.1 Å². The van der Waals surface area contributed by atoms with Crippen LogP contribution in [-0.4, -0.2) is 43.8 Å². The lowest BCUT2D eigenvalue weighted by atomic mass is 10.2. The molecule has 0 saturated heterocycles. The Morgan fingerprint density at radius 2 is 1.89 bits per heavy atom. The van der Waals surface area contributed by atoms with Crippen LogP contribution in [0.4, 0.5) is 5.69 Å². The number of nitrogens with zero attached hydrogens (tertiary/aromatic N) is 3. The number of anilines is 1. The summed E-state index contributed by atoms with van der Waals surface area (Å²) < 4.78 is 1.09. The summed E-state index contributed by atoms with van der Waals surface area (Å²) in [5, 5.41) is 13.3. The molecule has 0 aliphatic heterocycles. The van der Waals surface area contributed by atoms with Crippen LogP contribution in [0.25, 0.3) is 5.65 Å². The number of rotatable bonds is 5. The van der Waals surface area contributed by atoms with E-state index in [2.05, 4.69) is 20.6 Å². The van der Waals surface area contributed by atoms with Gasteiger partial charge >= 0.3 is 5.97 Å². The van der Waals surface area contributed by atoms with Crippen molar-refractivity contribution in [3.8, 4) is 0 Å². The van der Waals surface area contributed by atoms with Crippen molar-refractivity contribution in [2.45, 2.75) is 0 Å². The van der Waals surface area contributed by atoms with Crippen LogP contribution in [0.5, 0.6) is 0 Å². The Morgan fingerprint density at radius 1 is 1.07 bits per heavy atom. The summed E-state index contributed by atoms with van der Waals surface area (Å²) in [6, 6.07) is 5.97. The summed E-state index contributed by atoms with van der Waals surface area (Å²) in [6.45, 7) is -0.550. The number of hydrogen-bond donors (Lipinski definition) is 3. The molecular weight excluding hydrogens is 354 g/mol. The summed E-state index contributed by atoms with van der Waals surface area (Å²) in [5.74, 6) is -2.38. The Kier molecular flexibility index (Phi) is 4.88. The lowest BCUT2D eigenvalue weighted by Gasteiger charge is -2.08. The molecule has 0 radical (unpaired) electrons. The standard InChI is InChI=1S/C17H13N5O5/c23-14(24)8-20-15(25)11-3-4-13-19-7-12(17(27)22(13)9-11)21-16(26)10-2-1-5-18-6-10/h1-7,9H,8H2,(H,20,25)(H,21,26)(H,23,24). The van der Waals surface area contributed by atoms with Gasteiger partial charge in [0, 0.05) is 18.6 Å². The highest BCUT2D eigenvalue weighted by Gasteiger charge is 2.13. The quantitative estimate of drug-likeness (QED) is 0.583. The molecule has 0 aliphatic rings. The summed E-state index contributed by atoms with van der Waals surface area (Å²) in [5.41, 5.74) is -0.0732. The molecule has 3 N–H and O–H groups in total. The van der Waals surface area contributed by atoms with Crippen LogP contribution in [0.2, 0.25) is 0 Å². The van der Waals surface area contributed by atoms with Crippen LogP contribution in [0.15, 0.2) is 53.8 Å². The highest BCUT2D eigenvalue weighted by molar-refractivity contribution is 6.03. The molecule has 0 unspecified atom stereocenters. The lowest BCUT2D eigenvalue weighted by molar-refractivity contribution is -0.135. The van der Waals surface area contributed by atoms with Gasteiger partial charge in [-0.25, -0.2) is 4.98 Å². The third kappa shape index (κ3) is 3.95. The molecule has 0 spiro atoms. The largest absolute Gasteiger partial charge is 0.480 e. The van der Waals surface area contributed by atoms with Gasteiger partial charge in [-0.2, -0.15) is 0 Å². The third-order valence-electron chi connectivity index (χ3n) is 3.54. The van der Waals surface area contributed by atoms with E-state index in [0.717, 1.165) is 4.40 Å². The lowest BCUT2D eigenvalue weighted by Crippen LogP contribution is -2.30. The maximum absolute atomic E-state index is 12.6. The average Bonchev–Trinajstić information content (AvgIpc) is 2.68. The molecule has 0 bridgehead atoms. The van der Waals surface area contributed by atoms with Gasteiger partial charge < -0.3 is 15.7 Å². The van der Waals surface area contributed by atoms with Crippen molar-refractivity contribution in [2.24, 2.45) is 0 Å². The maximum Gasteiger partial charge on any atom is 0.322 e. The first-order valence-electron chi connectivity index (χ1n) is 7.68. The summed E-state index contributed by atoms with van der Waals surface area (Å²) in [6.07, 6.45) is 5.31. The molecule has 0 atom stereocenters. The van der Waals surface area contributed by atoms with E-state index in [1.165, 1.54) is 36.9 Å². The topological polar surface area (TPSA) is 143 Å². The minimum Gasteiger partial charge on any atom is -0.480 e.